The Kier molecular flexibility index (Phi) is 4.08. The molecule has 3 heteroatoms. The smallest absolute Gasteiger partial charge is 0.161 e. The van der Waals surface area contributed by atoms with Crippen molar-refractivity contribution >= 4 is 12.2 Å². The zero-order chi connectivity index (χ0) is 13.7. The highest BCUT2D eigenvalue weighted by Crippen LogP contribution is 2.27. The van der Waals surface area contributed by atoms with Crippen molar-refractivity contribution in [3.05, 3.63) is 53.6 Å². The van der Waals surface area contributed by atoms with E-state index in [1.807, 2.05) is 42.5 Å². The number of rotatable bonds is 4. The van der Waals surface area contributed by atoms with E-state index >= 15 is 0 Å². The Labute approximate surface area is 112 Å². The summed E-state index contributed by atoms with van der Waals surface area (Å²) in [7, 11) is 3.18. The van der Waals surface area contributed by atoms with E-state index in [4.69, 9.17) is 9.47 Å². The normalized spacial score (nSPS) is 10.6. The number of phenols is 1. The van der Waals surface area contributed by atoms with Gasteiger partial charge in [0.1, 0.15) is 5.75 Å². The molecule has 98 valence electrons. The number of hydrogen-bond acceptors (Lipinski definition) is 3. The first kappa shape index (κ1) is 13.0. The minimum absolute atomic E-state index is 0.143. The van der Waals surface area contributed by atoms with Gasteiger partial charge in [-0.05, 0) is 35.4 Å². The number of aromatic hydroxyl groups is 1. The topological polar surface area (TPSA) is 38.7 Å². The third-order valence-electron chi connectivity index (χ3n) is 2.79. The van der Waals surface area contributed by atoms with Crippen molar-refractivity contribution in [2.24, 2.45) is 0 Å². The van der Waals surface area contributed by atoms with E-state index in [0.29, 0.717) is 5.75 Å². The number of benzene rings is 2. The molecular formula is C16H16O3. The molecule has 0 aliphatic heterocycles. The second kappa shape index (κ2) is 5.96. The molecule has 0 aliphatic rings. The van der Waals surface area contributed by atoms with E-state index in [-0.39, 0.29) is 5.75 Å². The second-order valence-corrected chi connectivity index (χ2v) is 4.04. The average molecular weight is 256 g/mol. The number of ether oxygens (including phenoxy) is 2. The molecule has 19 heavy (non-hydrogen) atoms. The largest absolute Gasteiger partial charge is 0.504 e. The van der Waals surface area contributed by atoms with Crippen molar-refractivity contribution in [1.29, 1.82) is 0 Å². The van der Waals surface area contributed by atoms with Crippen LogP contribution in [0.15, 0.2) is 42.5 Å². The van der Waals surface area contributed by atoms with Crippen molar-refractivity contribution < 1.29 is 14.6 Å². The number of hydrogen-bond donors (Lipinski definition) is 1. The summed E-state index contributed by atoms with van der Waals surface area (Å²) in [5.41, 5.74) is 2.04. The number of phenolic OH excluding ortho intramolecular Hbond substituents is 1. The standard InChI is InChI=1S/C16H16O3/c1-18-14-8-5-12(6-9-14)3-4-13-7-10-15(17)16(11-13)19-2/h3-11,17H,1-2H3/b4-3-. The van der Waals surface area contributed by atoms with E-state index < -0.39 is 0 Å². The summed E-state index contributed by atoms with van der Waals surface area (Å²) >= 11 is 0. The molecule has 0 amide bonds. The molecule has 0 fully saturated rings. The molecule has 0 atom stereocenters. The zero-order valence-corrected chi connectivity index (χ0v) is 11.0. The van der Waals surface area contributed by atoms with Gasteiger partial charge in [-0.3, -0.25) is 0 Å². The predicted molar refractivity (Wildman–Crippen MR) is 76.6 cm³/mol. The summed E-state index contributed by atoms with van der Waals surface area (Å²) in [6, 6.07) is 13.0. The quantitative estimate of drug-likeness (QED) is 0.850. The van der Waals surface area contributed by atoms with Gasteiger partial charge in [-0.1, -0.05) is 30.4 Å². The fourth-order valence-corrected chi connectivity index (χ4v) is 1.71. The molecule has 0 unspecified atom stereocenters. The van der Waals surface area contributed by atoms with Crippen molar-refractivity contribution in [2.75, 3.05) is 14.2 Å². The third kappa shape index (κ3) is 3.28. The van der Waals surface area contributed by atoms with Crippen LogP contribution in [-0.2, 0) is 0 Å². The Balaban J connectivity index is 2.17. The average Bonchev–Trinajstić information content (AvgIpc) is 2.47. The van der Waals surface area contributed by atoms with Crippen LogP contribution in [0.5, 0.6) is 17.2 Å². The Morgan fingerprint density at radius 3 is 2.11 bits per heavy atom. The third-order valence-corrected chi connectivity index (χ3v) is 2.79. The maximum atomic E-state index is 9.51. The SMILES string of the molecule is COc1ccc(/C=C\c2ccc(O)c(OC)c2)cc1. The van der Waals surface area contributed by atoms with Crippen LogP contribution in [0.4, 0.5) is 0 Å². The molecule has 0 heterocycles. The summed E-state index contributed by atoms with van der Waals surface area (Å²) in [4.78, 5) is 0. The van der Waals surface area contributed by atoms with Gasteiger partial charge in [0.15, 0.2) is 11.5 Å². The molecule has 0 radical (unpaired) electrons. The maximum absolute atomic E-state index is 9.51. The highest BCUT2D eigenvalue weighted by molar-refractivity contribution is 5.71. The second-order valence-electron chi connectivity index (χ2n) is 4.04. The highest BCUT2D eigenvalue weighted by Gasteiger charge is 2.00. The van der Waals surface area contributed by atoms with E-state index in [9.17, 15) is 5.11 Å². The van der Waals surface area contributed by atoms with Crippen LogP contribution in [0.2, 0.25) is 0 Å². The van der Waals surface area contributed by atoms with Crippen molar-refractivity contribution in [2.45, 2.75) is 0 Å². The molecule has 2 rings (SSSR count). The summed E-state index contributed by atoms with van der Waals surface area (Å²) in [5, 5.41) is 9.51. The van der Waals surface area contributed by atoms with E-state index in [1.165, 1.54) is 7.11 Å². The van der Waals surface area contributed by atoms with Gasteiger partial charge < -0.3 is 14.6 Å². The minimum atomic E-state index is 0.143. The van der Waals surface area contributed by atoms with Crippen molar-refractivity contribution in [3.63, 3.8) is 0 Å². The lowest BCUT2D eigenvalue weighted by Gasteiger charge is -2.03. The van der Waals surface area contributed by atoms with Gasteiger partial charge in [0.25, 0.3) is 0 Å². The monoisotopic (exact) mass is 256 g/mol. The zero-order valence-electron chi connectivity index (χ0n) is 11.0. The Morgan fingerprint density at radius 1 is 0.842 bits per heavy atom. The molecule has 0 spiro atoms. The molecule has 0 saturated heterocycles. The Bertz CT molecular complexity index is 571. The molecule has 0 aromatic heterocycles. The molecule has 3 nitrogen and oxygen atoms in total. The van der Waals surface area contributed by atoms with Gasteiger partial charge in [-0.25, -0.2) is 0 Å². The Morgan fingerprint density at radius 2 is 1.47 bits per heavy atom. The molecule has 2 aromatic rings. The van der Waals surface area contributed by atoms with Crippen LogP contribution in [0, 0.1) is 0 Å². The summed E-state index contributed by atoms with van der Waals surface area (Å²) in [6.07, 6.45) is 3.95. The van der Waals surface area contributed by atoms with E-state index in [2.05, 4.69) is 0 Å². The Hall–Kier alpha value is -2.42. The van der Waals surface area contributed by atoms with Crippen LogP contribution in [-0.4, -0.2) is 19.3 Å². The molecule has 0 saturated carbocycles. The fourth-order valence-electron chi connectivity index (χ4n) is 1.71. The van der Waals surface area contributed by atoms with E-state index in [0.717, 1.165) is 16.9 Å². The van der Waals surface area contributed by atoms with Gasteiger partial charge in [-0.15, -0.1) is 0 Å². The first-order valence-corrected chi connectivity index (χ1v) is 5.92. The van der Waals surface area contributed by atoms with Crippen LogP contribution in [0.1, 0.15) is 11.1 Å². The molecular weight excluding hydrogens is 240 g/mol. The first-order chi connectivity index (χ1) is 9.22. The molecule has 0 aliphatic carbocycles. The van der Waals surface area contributed by atoms with Crippen LogP contribution in [0.25, 0.3) is 12.2 Å². The van der Waals surface area contributed by atoms with Crippen molar-refractivity contribution in [3.8, 4) is 17.2 Å². The van der Waals surface area contributed by atoms with Gasteiger partial charge in [0, 0.05) is 0 Å². The number of methoxy groups -OCH3 is 2. The maximum Gasteiger partial charge on any atom is 0.161 e. The predicted octanol–water partition coefficient (Wildman–Crippen LogP) is 3.58. The van der Waals surface area contributed by atoms with Crippen molar-refractivity contribution in [1.82, 2.24) is 0 Å². The van der Waals surface area contributed by atoms with Gasteiger partial charge in [0.05, 0.1) is 14.2 Å². The summed E-state index contributed by atoms with van der Waals surface area (Å²) in [5.74, 6) is 1.45. The van der Waals surface area contributed by atoms with Crippen LogP contribution in [0.3, 0.4) is 0 Å². The summed E-state index contributed by atoms with van der Waals surface area (Å²) in [6.45, 7) is 0. The molecule has 2 aromatic carbocycles. The lowest BCUT2D eigenvalue weighted by Crippen LogP contribution is -1.84. The lowest BCUT2D eigenvalue weighted by molar-refractivity contribution is 0.373. The highest BCUT2D eigenvalue weighted by atomic mass is 16.5. The molecule has 0 bridgehead atoms. The molecule has 1 N–H and O–H groups in total. The summed E-state index contributed by atoms with van der Waals surface area (Å²) < 4.78 is 10.2. The van der Waals surface area contributed by atoms with Crippen LogP contribution >= 0.6 is 0 Å². The van der Waals surface area contributed by atoms with Gasteiger partial charge >= 0.3 is 0 Å². The van der Waals surface area contributed by atoms with Gasteiger partial charge in [0.2, 0.25) is 0 Å². The minimum Gasteiger partial charge on any atom is -0.504 e. The first-order valence-electron chi connectivity index (χ1n) is 5.92. The fraction of sp³-hybridized carbons (Fsp3) is 0.125. The van der Waals surface area contributed by atoms with Crippen LogP contribution < -0.4 is 9.47 Å². The lowest BCUT2D eigenvalue weighted by atomic mass is 10.1. The van der Waals surface area contributed by atoms with E-state index in [1.54, 1.807) is 19.2 Å². The van der Waals surface area contributed by atoms with Gasteiger partial charge in [-0.2, -0.15) is 0 Å².